The molecule has 1 atom stereocenters. The van der Waals surface area contributed by atoms with Crippen molar-refractivity contribution >= 4 is 29.7 Å². The first kappa shape index (κ1) is 13.4. The van der Waals surface area contributed by atoms with Crippen molar-refractivity contribution in [3.63, 3.8) is 0 Å². The lowest BCUT2D eigenvalue weighted by atomic mass is 10.2. The van der Waals surface area contributed by atoms with Gasteiger partial charge in [0.1, 0.15) is 6.10 Å². The fourth-order valence-electron chi connectivity index (χ4n) is 1.43. The second-order valence-electron chi connectivity index (χ2n) is 3.41. The van der Waals surface area contributed by atoms with Gasteiger partial charge in [0.2, 0.25) is 0 Å². The lowest BCUT2D eigenvalue weighted by Crippen LogP contribution is -2.47. The van der Waals surface area contributed by atoms with Crippen LogP contribution in [0.15, 0.2) is 16.8 Å². The molecule has 1 aromatic rings. The third-order valence-corrected chi connectivity index (χ3v) is 3.00. The van der Waals surface area contributed by atoms with Gasteiger partial charge in [-0.25, -0.2) is 0 Å². The first-order chi connectivity index (χ1) is 7.36. The molecule has 1 aliphatic rings. The topological polar surface area (TPSA) is 50.4 Å². The Morgan fingerprint density at radius 3 is 3.19 bits per heavy atom. The van der Waals surface area contributed by atoms with Crippen LogP contribution in [0.3, 0.4) is 0 Å². The van der Waals surface area contributed by atoms with Crippen LogP contribution in [0.4, 0.5) is 0 Å². The number of hydrogen-bond donors (Lipinski definition) is 2. The summed E-state index contributed by atoms with van der Waals surface area (Å²) < 4.78 is 5.34. The summed E-state index contributed by atoms with van der Waals surface area (Å²) in [5.74, 6) is -0.0339. The normalized spacial score (nSPS) is 19.9. The predicted octanol–water partition coefficient (Wildman–Crippen LogP) is 0.774. The Morgan fingerprint density at radius 2 is 2.56 bits per heavy atom. The van der Waals surface area contributed by atoms with Crippen LogP contribution in [0.2, 0.25) is 0 Å². The summed E-state index contributed by atoms with van der Waals surface area (Å²) in [6, 6.07) is 2.00. The number of carbonyl (C=O) groups excluding carboxylic acids is 1. The van der Waals surface area contributed by atoms with E-state index in [9.17, 15) is 4.79 Å². The fraction of sp³-hybridized carbons (Fsp3) is 0.500. The highest BCUT2D eigenvalue weighted by Crippen LogP contribution is 2.05. The van der Waals surface area contributed by atoms with Crippen molar-refractivity contribution in [2.75, 3.05) is 19.7 Å². The van der Waals surface area contributed by atoms with Gasteiger partial charge in [-0.05, 0) is 22.4 Å². The molecule has 0 aliphatic carbocycles. The van der Waals surface area contributed by atoms with Gasteiger partial charge < -0.3 is 15.4 Å². The Labute approximate surface area is 105 Å². The first-order valence-electron chi connectivity index (χ1n) is 4.97. The SMILES string of the molecule is Cl.O=C(NCc1ccsc1)C1CNCCO1. The van der Waals surface area contributed by atoms with Crippen molar-refractivity contribution in [2.45, 2.75) is 12.6 Å². The van der Waals surface area contributed by atoms with Crippen molar-refractivity contribution < 1.29 is 9.53 Å². The van der Waals surface area contributed by atoms with E-state index in [0.717, 1.165) is 12.1 Å². The number of halogens is 1. The molecule has 1 fully saturated rings. The van der Waals surface area contributed by atoms with Crippen molar-refractivity contribution in [2.24, 2.45) is 0 Å². The predicted molar refractivity (Wildman–Crippen MR) is 66.0 cm³/mol. The van der Waals surface area contributed by atoms with E-state index in [4.69, 9.17) is 4.74 Å². The number of hydrogen-bond acceptors (Lipinski definition) is 4. The summed E-state index contributed by atoms with van der Waals surface area (Å²) in [4.78, 5) is 11.6. The number of carbonyl (C=O) groups is 1. The maximum absolute atomic E-state index is 11.6. The van der Waals surface area contributed by atoms with Gasteiger partial charge in [-0.1, -0.05) is 0 Å². The lowest BCUT2D eigenvalue weighted by molar-refractivity contribution is -0.134. The highest BCUT2D eigenvalue weighted by atomic mass is 35.5. The number of thiophene rings is 1. The van der Waals surface area contributed by atoms with Crippen molar-refractivity contribution in [1.82, 2.24) is 10.6 Å². The molecule has 0 spiro atoms. The molecule has 1 aromatic heterocycles. The van der Waals surface area contributed by atoms with Crippen LogP contribution in [-0.4, -0.2) is 31.7 Å². The molecule has 0 radical (unpaired) electrons. The van der Waals surface area contributed by atoms with Gasteiger partial charge in [0.25, 0.3) is 5.91 Å². The minimum atomic E-state index is -0.336. The third-order valence-electron chi connectivity index (χ3n) is 2.27. The van der Waals surface area contributed by atoms with Gasteiger partial charge in [0.05, 0.1) is 6.61 Å². The average Bonchev–Trinajstić information content (AvgIpc) is 2.80. The van der Waals surface area contributed by atoms with Gasteiger partial charge in [-0.2, -0.15) is 11.3 Å². The maximum Gasteiger partial charge on any atom is 0.250 e. The average molecular weight is 263 g/mol. The van der Waals surface area contributed by atoms with E-state index in [0.29, 0.717) is 19.7 Å². The Morgan fingerprint density at radius 1 is 1.69 bits per heavy atom. The molecule has 90 valence electrons. The molecule has 2 heterocycles. The zero-order chi connectivity index (χ0) is 10.5. The summed E-state index contributed by atoms with van der Waals surface area (Å²) in [5.41, 5.74) is 1.14. The van der Waals surface area contributed by atoms with Crippen LogP contribution in [0.25, 0.3) is 0 Å². The Bertz CT molecular complexity index is 313. The molecule has 0 bridgehead atoms. The third kappa shape index (κ3) is 3.75. The number of amides is 1. The molecule has 16 heavy (non-hydrogen) atoms. The zero-order valence-electron chi connectivity index (χ0n) is 8.77. The standard InChI is InChI=1S/C10H14N2O2S.ClH/c13-10(9-6-11-2-3-14-9)12-5-8-1-4-15-7-8;/h1,4,7,9,11H,2-3,5-6H2,(H,12,13);1H. The molecule has 0 saturated carbocycles. The maximum atomic E-state index is 11.6. The van der Waals surface area contributed by atoms with Crippen molar-refractivity contribution in [3.05, 3.63) is 22.4 Å². The number of ether oxygens (including phenoxy) is 1. The fourth-order valence-corrected chi connectivity index (χ4v) is 2.10. The molecule has 1 amide bonds. The molecule has 4 nitrogen and oxygen atoms in total. The molecular formula is C10H15ClN2O2S. The van der Waals surface area contributed by atoms with Crippen LogP contribution < -0.4 is 10.6 Å². The van der Waals surface area contributed by atoms with Crippen LogP contribution in [-0.2, 0) is 16.1 Å². The molecule has 1 aliphatic heterocycles. The second kappa shape index (κ2) is 6.85. The minimum absolute atomic E-state index is 0. The summed E-state index contributed by atoms with van der Waals surface area (Å²) >= 11 is 1.63. The van der Waals surface area contributed by atoms with Gasteiger partial charge in [-0.15, -0.1) is 12.4 Å². The quantitative estimate of drug-likeness (QED) is 0.846. The van der Waals surface area contributed by atoms with E-state index in [2.05, 4.69) is 10.6 Å². The van der Waals surface area contributed by atoms with Gasteiger partial charge >= 0.3 is 0 Å². The van der Waals surface area contributed by atoms with Crippen LogP contribution in [0.5, 0.6) is 0 Å². The van der Waals surface area contributed by atoms with Crippen LogP contribution in [0, 0.1) is 0 Å². The number of nitrogens with one attached hydrogen (secondary N) is 2. The summed E-state index contributed by atoms with van der Waals surface area (Å²) in [6.45, 7) is 2.63. The Balaban J connectivity index is 0.00000128. The van der Waals surface area contributed by atoms with E-state index in [1.807, 2.05) is 16.8 Å². The Kier molecular flexibility index (Phi) is 5.76. The molecule has 2 rings (SSSR count). The molecule has 2 N–H and O–H groups in total. The molecule has 1 unspecified atom stereocenters. The minimum Gasteiger partial charge on any atom is -0.366 e. The summed E-state index contributed by atoms with van der Waals surface area (Å²) in [6.07, 6.45) is -0.336. The smallest absolute Gasteiger partial charge is 0.250 e. The first-order valence-corrected chi connectivity index (χ1v) is 5.91. The Hall–Kier alpha value is -0.620. The highest BCUT2D eigenvalue weighted by molar-refractivity contribution is 7.07. The van der Waals surface area contributed by atoms with Crippen LogP contribution in [0.1, 0.15) is 5.56 Å². The number of rotatable bonds is 3. The molecule has 6 heteroatoms. The van der Waals surface area contributed by atoms with Crippen molar-refractivity contribution in [1.29, 1.82) is 0 Å². The second-order valence-corrected chi connectivity index (χ2v) is 4.19. The van der Waals surface area contributed by atoms with Crippen LogP contribution >= 0.6 is 23.7 Å². The van der Waals surface area contributed by atoms with E-state index in [1.54, 1.807) is 11.3 Å². The molecule has 0 aromatic carbocycles. The molecule has 1 saturated heterocycles. The number of morpholine rings is 1. The van der Waals surface area contributed by atoms with Gasteiger partial charge in [0.15, 0.2) is 0 Å². The zero-order valence-corrected chi connectivity index (χ0v) is 10.4. The van der Waals surface area contributed by atoms with E-state index < -0.39 is 0 Å². The summed E-state index contributed by atoms with van der Waals surface area (Å²) in [7, 11) is 0. The molecular weight excluding hydrogens is 248 g/mol. The monoisotopic (exact) mass is 262 g/mol. The van der Waals surface area contributed by atoms with Gasteiger partial charge in [-0.3, -0.25) is 4.79 Å². The van der Waals surface area contributed by atoms with E-state index in [-0.39, 0.29) is 24.4 Å². The summed E-state index contributed by atoms with van der Waals surface area (Å²) in [5, 5.41) is 10.0. The van der Waals surface area contributed by atoms with Crippen molar-refractivity contribution in [3.8, 4) is 0 Å². The van der Waals surface area contributed by atoms with Gasteiger partial charge in [0, 0.05) is 19.6 Å². The van der Waals surface area contributed by atoms with E-state index >= 15 is 0 Å². The lowest BCUT2D eigenvalue weighted by Gasteiger charge is -2.22. The highest BCUT2D eigenvalue weighted by Gasteiger charge is 2.20. The largest absolute Gasteiger partial charge is 0.366 e. The van der Waals surface area contributed by atoms with E-state index in [1.165, 1.54) is 0 Å².